The Labute approximate surface area is 244 Å². The second kappa shape index (κ2) is 14.6. The number of hydrogen-bond donors (Lipinski definition) is 5. The molecule has 0 radical (unpaired) electrons. The number of carbonyl (C=O) groups excluding carboxylic acids is 6. The average molecular weight is 581 g/mol. The van der Waals surface area contributed by atoms with Crippen LogP contribution >= 0.6 is 0 Å². The largest absolute Gasteiger partial charge is 0.363 e. The molecular weight excluding hydrogens is 528 g/mol. The summed E-state index contributed by atoms with van der Waals surface area (Å²) in [5, 5.41) is 10.9. The first-order chi connectivity index (χ1) is 18.7. The third-order valence-corrected chi connectivity index (χ3v) is 7.27. The maximum atomic E-state index is 13.8. The zero-order chi connectivity index (χ0) is 31.9. The lowest BCUT2D eigenvalue weighted by Crippen LogP contribution is -2.62. The van der Waals surface area contributed by atoms with Crippen LogP contribution < -0.4 is 27.0 Å². The number of urea groups is 1. The number of nitrogens with zero attached hydrogens (tertiary/aromatic N) is 1. The number of primary amides is 1. The summed E-state index contributed by atoms with van der Waals surface area (Å²) in [7, 11) is 0. The molecule has 4 unspecified atom stereocenters. The van der Waals surface area contributed by atoms with Crippen molar-refractivity contribution in [3.8, 4) is 0 Å². The van der Waals surface area contributed by atoms with E-state index in [0.29, 0.717) is 12.8 Å². The van der Waals surface area contributed by atoms with Crippen molar-refractivity contribution in [1.82, 2.24) is 26.2 Å². The molecule has 234 valence electrons. The third-order valence-electron chi connectivity index (χ3n) is 7.27. The van der Waals surface area contributed by atoms with Crippen molar-refractivity contribution in [3.63, 3.8) is 0 Å². The molecule has 0 aromatic carbocycles. The van der Waals surface area contributed by atoms with Crippen LogP contribution in [-0.2, 0) is 24.0 Å². The van der Waals surface area contributed by atoms with Crippen molar-refractivity contribution in [2.75, 3.05) is 6.54 Å². The van der Waals surface area contributed by atoms with Crippen LogP contribution in [-0.4, -0.2) is 77.1 Å². The molecular formula is C29H52N6O6. The van der Waals surface area contributed by atoms with Gasteiger partial charge in [-0.2, -0.15) is 0 Å². The van der Waals surface area contributed by atoms with Crippen molar-refractivity contribution in [2.45, 2.75) is 125 Å². The Morgan fingerprint density at radius 3 is 1.85 bits per heavy atom. The van der Waals surface area contributed by atoms with E-state index in [1.54, 1.807) is 20.8 Å². The molecule has 1 heterocycles. The topological polar surface area (TPSA) is 180 Å². The van der Waals surface area contributed by atoms with Crippen molar-refractivity contribution in [2.24, 2.45) is 22.5 Å². The molecule has 0 aromatic rings. The quantitative estimate of drug-likeness (QED) is 0.219. The van der Waals surface area contributed by atoms with Gasteiger partial charge in [-0.15, -0.1) is 0 Å². The van der Waals surface area contributed by atoms with E-state index in [4.69, 9.17) is 5.73 Å². The fraction of sp³-hybridized carbons (Fsp3) is 0.793. The monoisotopic (exact) mass is 580 g/mol. The van der Waals surface area contributed by atoms with Gasteiger partial charge in [-0.1, -0.05) is 61.8 Å². The SMILES string of the molecule is CCC(C)CC(NC(=O)[C@@H]1CCCN1C(=O)C(NC(=O)NC(C(=O)NC(C)C)C(C)(C)C)C(C)(C)C)C(=O)C(N)=O. The fourth-order valence-electron chi connectivity index (χ4n) is 4.70. The smallest absolute Gasteiger partial charge is 0.316 e. The molecule has 0 aromatic heterocycles. The number of carbonyl (C=O) groups is 6. The first-order valence-electron chi connectivity index (χ1n) is 14.5. The van der Waals surface area contributed by atoms with Gasteiger partial charge in [0.2, 0.25) is 23.5 Å². The van der Waals surface area contributed by atoms with Gasteiger partial charge in [0.1, 0.15) is 18.1 Å². The van der Waals surface area contributed by atoms with E-state index < -0.39 is 64.5 Å². The lowest BCUT2D eigenvalue weighted by Gasteiger charge is -2.37. The molecule has 1 aliphatic heterocycles. The number of rotatable bonds is 12. The predicted octanol–water partition coefficient (Wildman–Crippen LogP) is 1.61. The molecule has 12 nitrogen and oxygen atoms in total. The summed E-state index contributed by atoms with van der Waals surface area (Å²) in [5.41, 5.74) is 3.87. The van der Waals surface area contributed by atoms with Crippen molar-refractivity contribution in [3.05, 3.63) is 0 Å². The van der Waals surface area contributed by atoms with E-state index in [9.17, 15) is 28.8 Å². The van der Waals surface area contributed by atoms with Crippen LogP contribution in [0.25, 0.3) is 0 Å². The molecule has 1 fully saturated rings. The van der Waals surface area contributed by atoms with Gasteiger partial charge in [-0.05, 0) is 49.9 Å². The van der Waals surface area contributed by atoms with Crippen molar-refractivity contribution in [1.29, 1.82) is 0 Å². The number of amides is 6. The highest BCUT2D eigenvalue weighted by atomic mass is 16.2. The number of Topliss-reactive ketones (excluding diaryl/α,β-unsaturated/α-hetero) is 1. The van der Waals surface area contributed by atoms with Gasteiger partial charge in [-0.3, -0.25) is 24.0 Å². The molecule has 0 saturated carbocycles. The Bertz CT molecular complexity index is 983. The highest BCUT2D eigenvalue weighted by Crippen LogP contribution is 2.27. The van der Waals surface area contributed by atoms with Gasteiger partial charge in [0, 0.05) is 12.6 Å². The Hall–Kier alpha value is -3.18. The van der Waals surface area contributed by atoms with Crippen LogP contribution in [0.4, 0.5) is 4.79 Å². The van der Waals surface area contributed by atoms with Crippen molar-refractivity contribution >= 4 is 35.4 Å². The minimum Gasteiger partial charge on any atom is -0.363 e. The van der Waals surface area contributed by atoms with Crippen LogP contribution in [0.3, 0.4) is 0 Å². The number of ketones is 1. The number of hydrogen-bond acceptors (Lipinski definition) is 6. The van der Waals surface area contributed by atoms with Gasteiger partial charge < -0.3 is 31.9 Å². The molecule has 1 saturated heterocycles. The Morgan fingerprint density at radius 1 is 0.854 bits per heavy atom. The Kier molecular flexibility index (Phi) is 12.8. The lowest BCUT2D eigenvalue weighted by atomic mass is 9.85. The highest BCUT2D eigenvalue weighted by Gasteiger charge is 2.43. The summed E-state index contributed by atoms with van der Waals surface area (Å²) in [5.74, 6) is -3.29. The maximum Gasteiger partial charge on any atom is 0.316 e. The third kappa shape index (κ3) is 10.6. The molecule has 41 heavy (non-hydrogen) atoms. The van der Waals surface area contributed by atoms with Gasteiger partial charge in [0.25, 0.3) is 5.91 Å². The molecule has 1 rings (SSSR count). The van der Waals surface area contributed by atoms with Crippen LogP contribution in [0.1, 0.15) is 94.9 Å². The molecule has 5 atom stereocenters. The molecule has 0 spiro atoms. The van der Waals surface area contributed by atoms with Gasteiger partial charge in [0.05, 0.1) is 6.04 Å². The summed E-state index contributed by atoms with van der Waals surface area (Å²) in [6.45, 7) is 18.6. The van der Waals surface area contributed by atoms with E-state index in [1.165, 1.54) is 4.90 Å². The summed E-state index contributed by atoms with van der Waals surface area (Å²) < 4.78 is 0. The van der Waals surface area contributed by atoms with Gasteiger partial charge >= 0.3 is 6.03 Å². The molecule has 0 aliphatic carbocycles. The zero-order valence-corrected chi connectivity index (χ0v) is 26.5. The number of nitrogens with one attached hydrogen (secondary N) is 4. The second-order valence-electron chi connectivity index (χ2n) is 13.6. The maximum absolute atomic E-state index is 13.8. The van der Waals surface area contributed by atoms with Gasteiger partial charge in [-0.25, -0.2) is 4.79 Å². The van der Waals surface area contributed by atoms with E-state index in [-0.39, 0.29) is 30.8 Å². The number of nitrogens with two attached hydrogens (primary N) is 1. The second-order valence-corrected chi connectivity index (χ2v) is 13.6. The predicted molar refractivity (Wildman–Crippen MR) is 156 cm³/mol. The van der Waals surface area contributed by atoms with E-state index in [2.05, 4.69) is 21.3 Å². The van der Waals surface area contributed by atoms with Crippen LogP contribution in [0, 0.1) is 16.7 Å². The van der Waals surface area contributed by atoms with Crippen LogP contribution in [0.15, 0.2) is 0 Å². The highest BCUT2D eigenvalue weighted by molar-refractivity contribution is 6.37. The van der Waals surface area contributed by atoms with Crippen molar-refractivity contribution < 1.29 is 28.8 Å². The van der Waals surface area contributed by atoms with Gasteiger partial charge in [0.15, 0.2) is 0 Å². The molecule has 6 N–H and O–H groups in total. The minimum atomic E-state index is -1.13. The zero-order valence-electron chi connectivity index (χ0n) is 26.5. The summed E-state index contributed by atoms with van der Waals surface area (Å²) >= 11 is 0. The Morgan fingerprint density at radius 2 is 1.39 bits per heavy atom. The Balaban J connectivity index is 3.16. The average Bonchev–Trinajstić information content (AvgIpc) is 3.32. The fourth-order valence-corrected chi connectivity index (χ4v) is 4.70. The first kappa shape index (κ1) is 35.8. The van der Waals surface area contributed by atoms with Crippen LogP contribution in [0.2, 0.25) is 0 Å². The summed E-state index contributed by atoms with van der Waals surface area (Å²) in [6.07, 6.45) is 1.90. The van der Waals surface area contributed by atoms with E-state index in [0.717, 1.165) is 6.42 Å². The number of likely N-dealkylation sites (tertiary alicyclic amines) is 1. The van der Waals surface area contributed by atoms with Crippen LogP contribution in [0.5, 0.6) is 0 Å². The first-order valence-corrected chi connectivity index (χ1v) is 14.5. The lowest BCUT2D eigenvalue weighted by molar-refractivity contribution is -0.143. The molecule has 0 bridgehead atoms. The molecule has 12 heteroatoms. The van der Waals surface area contributed by atoms with E-state index in [1.807, 2.05) is 48.5 Å². The standard InChI is InChI=1S/C29H52N6O6/c1-11-17(4)15-18(20(36)23(30)37)32-24(38)19-13-12-14-35(19)26(40)22(29(8,9)10)34-27(41)33-21(28(5,6)7)25(39)31-16(2)3/h16-19,21-22H,11-15H2,1-10H3,(H2,30,37)(H,31,39)(H,32,38)(H2,33,34,41)/t17?,18?,19-,21?,22?/m0/s1. The summed E-state index contributed by atoms with van der Waals surface area (Å²) in [6, 6.07) is -4.65. The molecule has 1 aliphatic rings. The minimum absolute atomic E-state index is 0.0532. The normalized spacial score (nSPS) is 18.6. The molecule has 6 amide bonds. The van der Waals surface area contributed by atoms with E-state index >= 15 is 0 Å². The summed E-state index contributed by atoms with van der Waals surface area (Å²) in [4.78, 5) is 78.6.